The van der Waals surface area contributed by atoms with Crippen molar-refractivity contribution in [3.63, 3.8) is 0 Å². The number of halogens is 1. The van der Waals surface area contributed by atoms with E-state index in [-0.39, 0.29) is 11.9 Å². The highest BCUT2D eigenvalue weighted by atomic mass is 35.5. The summed E-state index contributed by atoms with van der Waals surface area (Å²) in [7, 11) is 0. The summed E-state index contributed by atoms with van der Waals surface area (Å²) in [4.78, 5) is 17.5. The Morgan fingerprint density at radius 3 is 2.80 bits per heavy atom. The van der Waals surface area contributed by atoms with Crippen LogP contribution in [0.3, 0.4) is 0 Å². The Labute approximate surface area is 127 Å². The quantitative estimate of drug-likeness (QED) is 0.870. The number of hydrogen-bond donors (Lipinski definition) is 1. The van der Waals surface area contributed by atoms with E-state index >= 15 is 0 Å². The van der Waals surface area contributed by atoms with Crippen LogP contribution in [-0.4, -0.2) is 17.1 Å². The Bertz CT molecular complexity index is 604. The summed E-state index contributed by atoms with van der Waals surface area (Å²) < 4.78 is 0. The summed E-state index contributed by atoms with van der Waals surface area (Å²) in [5, 5.41) is 3.36. The van der Waals surface area contributed by atoms with Gasteiger partial charge in [0.05, 0.1) is 22.3 Å². The van der Waals surface area contributed by atoms with E-state index in [2.05, 4.69) is 10.3 Å². The number of amides is 1. The second-order valence-electron chi connectivity index (χ2n) is 4.30. The Morgan fingerprint density at radius 2 is 2.15 bits per heavy atom. The molecule has 0 aliphatic carbocycles. The van der Waals surface area contributed by atoms with Crippen molar-refractivity contribution in [2.75, 3.05) is 6.26 Å². The molecule has 0 fully saturated rings. The van der Waals surface area contributed by atoms with Gasteiger partial charge in [0.1, 0.15) is 0 Å². The third-order valence-corrected chi connectivity index (χ3v) is 3.95. The van der Waals surface area contributed by atoms with E-state index in [1.54, 1.807) is 30.1 Å². The van der Waals surface area contributed by atoms with Gasteiger partial charge in [-0.2, -0.15) is 0 Å². The van der Waals surface area contributed by atoms with Gasteiger partial charge < -0.3 is 5.32 Å². The molecular formula is C15H15ClN2OS. The van der Waals surface area contributed by atoms with Crippen LogP contribution in [0.2, 0.25) is 5.02 Å². The number of benzene rings is 1. The van der Waals surface area contributed by atoms with Gasteiger partial charge in [0.25, 0.3) is 5.91 Å². The van der Waals surface area contributed by atoms with Crippen LogP contribution in [0, 0.1) is 0 Å². The molecule has 0 aliphatic heterocycles. The number of rotatable bonds is 4. The maximum Gasteiger partial charge on any atom is 0.253 e. The van der Waals surface area contributed by atoms with Gasteiger partial charge in [-0.15, -0.1) is 11.8 Å². The predicted molar refractivity (Wildman–Crippen MR) is 83.4 cm³/mol. The SMILES string of the molecule is CSc1ccc(Cl)c(C(=O)NC(C)c2ccccn2)c1. The number of pyridine rings is 1. The minimum absolute atomic E-state index is 0.169. The van der Waals surface area contributed by atoms with Gasteiger partial charge in [0.15, 0.2) is 0 Å². The lowest BCUT2D eigenvalue weighted by atomic mass is 10.1. The fourth-order valence-electron chi connectivity index (χ4n) is 1.79. The molecule has 1 heterocycles. The Balaban J connectivity index is 2.16. The highest BCUT2D eigenvalue weighted by Crippen LogP contribution is 2.23. The lowest BCUT2D eigenvalue weighted by Crippen LogP contribution is -2.27. The van der Waals surface area contributed by atoms with Crippen molar-refractivity contribution < 1.29 is 4.79 Å². The van der Waals surface area contributed by atoms with E-state index in [1.165, 1.54) is 0 Å². The molecule has 0 saturated heterocycles. The normalized spacial score (nSPS) is 11.9. The van der Waals surface area contributed by atoms with E-state index in [0.29, 0.717) is 10.6 Å². The highest BCUT2D eigenvalue weighted by Gasteiger charge is 2.15. The van der Waals surface area contributed by atoms with Crippen molar-refractivity contribution in [1.82, 2.24) is 10.3 Å². The first-order valence-electron chi connectivity index (χ1n) is 6.17. The number of hydrogen-bond acceptors (Lipinski definition) is 3. The fraction of sp³-hybridized carbons (Fsp3) is 0.200. The first kappa shape index (κ1) is 14.9. The van der Waals surface area contributed by atoms with Gasteiger partial charge >= 0.3 is 0 Å². The lowest BCUT2D eigenvalue weighted by Gasteiger charge is -2.14. The molecule has 0 bridgehead atoms. The van der Waals surface area contributed by atoms with Crippen molar-refractivity contribution in [2.24, 2.45) is 0 Å². The summed E-state index contributed by atoms with van der Waals surface area (Å²) in [5.74, 6) is -0.191. The van der Waals surface area contributed by atoms with Gasteiger partial charge in [0.2, 0.25) is 0 Å². The first-order valence-corrected chi connectivity index (χ1v) is 7.77. The minimum atomic E-state index is -0.191. The molecule has 0 saturated carbocycles. The molecular weight excluding hydrogens is 292 g/mol. The van der Waals surface area contributed by atoms with Crippen molar-refractivity contribution in [3.8, 4) is 0 Å². The van der Waals surface area contributed by atoms with E-state index in [0.717, 1.165) is 10.6 Å². The summed E-state index contributed by atoms with van der Waals surface area (Å²) in [6.45, 7) is 1.90. The standard InChI is InChI=1S/C15H15ClN2OS/c1-10(14-5-3-4-8-17-14)18-15(19)12-9-11(20-2)6-7-13(12)16/h3-10H,1-2H3,(H,18,19). The van der Waals surface area contributed by atoms with Gasteiger partial charge in [-0.1, -0.05) is 17.7 Å². The van der Waals surface area contributed by atoms with Crippen molar-refractivity contribution in [3.05, 3.63) is 58.9 Å². The second-order valence-corrected chi connectivity index (χ2v) is 5.58. The molecule has 3 nitrogen and oxygen atoms in total. The number of thioether (sulfide) groups is 1. The second kappa shape index (κ2) is 6.77. The molecule has 2 aromatic rings. The first-order chi connectivity index (χ1) is 9.61. The van der Waals surface area contributed by atoms with Gasteiger partial charge in [-0.25, -0.2) is 0 Å². The maximum absolute atomic E-state index is 12.3. The molecule has 1 atom stereocenters. The highest BCUT2D eigenvalue weighted by molar-refractivity contribution is 7.98. The summed E-state index contributed by atoms with van der Waals surface area (Å²) >= 11 is 7.67. The van der Waals surface area contributed by atoms with Gasteiger partial charge in [-0.3, -0.25) is 9.78 Å². The molecule has 1 N–H and O–H groups in total. The predicted octanol–water partition coefficient (Wildman–Crippen LogP) is 3.95. The molecule has 1 unspecified atom stereocenters. The van der Waals surface area contributed by atoms with Crippen molar-refractivity contribution >= 4 is 29.3 Å². The zero-order chi connectivity index (χ0) is 14.5. The van der Waals surface area contributed by atoms with E-state index in [9.17, 15) is 4.79 Å². The summed E-state index contributed by atoms with van der Waals surface area (Å²) in [5.41, 5.74) is 1.30. The molecule has 0 spiro atoms. The van der Waals surface area contributed by atoms with Crippen molar-refractivity contribution in [1.29, 1.82) is 0 Å². The summed E-state index contributed by atoms with van der Waals surface area (Å²) in [6.07, 6.45) is 3.67. The van der Waals surface area contributed by atoms with Crippen LogP contribution in [0.25, 0.3) is 0 Å². The van der Waals surface area contributed by atoms with E-state index in [1.807, 2.05) is 37.4 Å². The maximum atomic E-state index is 12.3. The smallest absolute Gasteiger partial charge is 0.253 e. The van der Waals surface area contributed by atoms with Gasteiger partial charge in [-0.05, 0) is 43.5 Å². The zero-order valence-electron chi connectivity index (χ0n) is 11.3. The topological polar surface area (TPSA) is 42.0 Å². The average Bonchev–Trinajstić information content (AvgIpc) is 2.48. The molecule has 0 aliphatic rings. The van der Waals surface area contributed by atoms with Crippen LogP contribution in [0.4, 0.5) is 0 Å². The molecule has 0 radical (unpaired) electrons. The number of aromatic nitrogens is 1. The molecule has 1 aromatic carbocycles. The van der Waals surface area contributed by atoms with Crippen LogP contribution in [0.1, 0.15) is 29.0 Å². The lowest BCUT2D eigenvalue weighted by molar-refractivity contribution is 0.0939. The van der Waals surface area contributed by atoms with Crippen molar-refractivity contribution in [2.45, 2.75) is 17.9 Å². The van der Waals surface area contributed by atoms with Crippen LogP contribution >= 0.6 is 23.4 Å². The monoisotopic (exact) mass is 306 g/mol. The molecule has 20 heavy (non-hydrogen) atoms. The third-order valence-electron chi connectivity index (χ3n) is 2.90. The molecule has 2 rings (SSSR count). The number of nitrogens with one attached hydrogen (secondary N) is 1. The average molecular weight is 307 g/mol. The Hall–Kier alpha value is -1.52. The van der Waals surface area contributed by atoms with Crippen LogP contribution in [0.5, 0.6) is 0 Å². The van der Waals surface area contributed by atoms with Crippen LogP contribution < -0.4 is 5.32 Å². The zero-order valence-corrected chi connectivity index (χ0v) is 12.8. The Morgan fingerprint density at radius 1 is 1.35 bits per heavy atom. The van der Waals surface area contributed by atoms with Crippen LogP contribution in [0.15, 0.2) is 47.5 Å². The van der Waals surface area contributed by atoms with Gasteiger partial charge in [0, 0.05) is 11.1 Å². The van der Waals surface area contributed by atoms with E-state index < -0.39 is 0 Å². The Kier molecular flexibility index (Phi) is 5.04. The number of nitrogens with zero attached hydrogens (tertiary/aromatic N) is 1. The largest absolute Gasteiger partial charge is 0.344 e. The number of carbonyl (C=O) groups is 1. The molecule has 104 valence electrons. The number of carbonyl (C=O) groups excluding carboxylic acids is 1. The fourth-order valence-corrected chi connectivity index (χ4v) is 2.43. The molecule has 5 heteroatoms. The van der Waals surface area contributed by atoms with E-state index in [4.69, 9.17) is 11.6 Å². The minimum Gasteiger partial charge on any atom is -0.344 e. The summed E-state index contributed by atoms with van der Waals surface area (Å²) in [6, 6.07) is 10.9. The van der Waals surface area contributed by atoms with Crippen LogP contribution in [-0.2, 0) is 0 Å². The molecule has 1 amide bonds. The third kappa shape index (κ3) is 3.52. The molecule has 1 aromatic heterocycles.